The molecule has 2 aromatic heterocycles. The summed E-state index contributed by atoms with van der Waals surface area (Å²) in [4.78, 5) is 12.4. The summed E-state index contributed by atoms with van der Waals surface area (Å²) in [7, 11) is 0. The van der Waals surface area contributed by atoms with E-state index in [9.17, 15) is 4.79 Å². The van der Waals surface area contributed by atoms with Gasteiger partial charge in [0.25, 0.3) is 0 Å². The zero-order valence-electron chi connectivity index (χ0n) is 16.2. The molecule has 0 bridgehead atoms. The van der Waals surface area contributed by atoms with Crippen molar-refractivity contribution in [1.29, 1.82) is 0 Å². The van der Waals surface area contributed by atoms with Gasteiger partial charge in [-0.25, -0.2) is 0 Å². The quantitative estimate of drug-likeness (QED) is 0.732. The van der Waals surface area contributed by atoms with Crippen molar-refractivity contribution >= 4 is 16.9 Å². The minimum atomic E-state index is 0.0196. The lowest BCUT2D eigenvalue weighted by Crippen LogP contribution is -2.31. The van der Waals surface area contributed by atoms with Gasteiger partial charge >= 0.3 is 0 Å². The Bertz CT molecular complexity index is 936. The fraction of sp³-hybridized carbons (Fsp3) is 0.429. The van der Waals surface area contributed by atoms with Crippen LogP contribution in [0.1, 0.15) is 35.0 Å². The molecule has 1 unspecified atom stereocenters. The largest absolute Gasteiger partial charge is 0.464 e. The zero-order valence-corrected chi connectivity index (χ0v) is 16.2. The molecule has 3 aromatic rings. The molecule has 3 rings (SSSR count). The van der Waals surface area contributed by atoms with E-state index in [-0.39, 0.29) is 5.91 Å². The summed E-state index contributed by atoms with van der Waals surface area (Å²) in [6.45, 7) is 11.7. The monoisotopic (exact) mass is 353 g/mol. The van der Waals surface area contributed by atoms with Gasteiger partial charge in [0, 0.05) is 29.7 Å². The molecule has 0 saturated carbocycles. The van der Waals surface area contributed by atoms with E-state index in [4.69, 9.17) is 4.42 Å². The Hall–Kier alpha value is -2.56. The molecule has 0 spiro atoms. The fourth-order valence-corrected chi connectivity index (χ4v) is 3.22. The van der Waals surface area contributed by atoms with Crippen molar-refractivity contribution < 1.29 is 9.21 Å². The van der Waals surface area contributed by atoms with Crippen LogP contribution in [0.25, 0.3) is 11.0 Å². The highest BCUT2D eigenvalue weighted by Gasteiger charge is 2.13. The number of nitrogens with one attached hydrogen (secondary N) is 1. The van der Waals surface area contributed by atoms with Crippen LogP contribution in [-0.2, 0) is 17.8 Å². The van der Waals surface area contributed by atoms with E-state index in [1.54, 1.807) is 6.26 Å². The van der Waals surface area contributed by atoms with Crippen molar-refractivity contribution in [2.75, 3.05) is 6.54 Å². The Labute approximate surface area is 154 Å². The van der Waals surface area contributed by atoms with Gasteiger partial charge in [0.1, 0.15) is 5.58 Å². The smallest absolute Gasteiger partial charge is 0.224 e. The van der Waals surface area contributed by atoms with Gasteiger partial charge in [-0.1, -0.05) is 6.92 Å². The van der Waals surface area contributed by atoms with Crippen molar-refractivity contribution in [3.05, 3.63) is 52.5 Å². The molecule has 0 fully saturated rings. The first-order valence-electron chi connectivity index (χ1n) is 9.08. The number of hydrogen-bond acceptors (Lipinski definition) is 3. The van der Waals surface area contributed by atoms with Crippen LogP contribution in [0.5, 0.6) is 0 Å². The predicted octanol–water partition coefficient (Wildman–Crippen LogP) is 3.86. The van der Waals surface area contributed by atoms with Crippen molar-refractivity contribution in [1.82, 2.24) is 15.1 Å². The molecule has 0 aliphatic rings. The summed E-state index contributed by atoms with van der Waals surface area (Å²) < 4.78 is 7.62. The third kappa shape index (κ3) is 3.98. The SMILES string of the molecule is Cc1cc(C)n(CC(C)CNC(=O)Cc2coc3cc(C)c(C)cc23)n1. The number of benzene rings is 1. The second kappa shape index (κ2) is 7.36. The van der Waals surface area contributed by atoms with Crippen LogP contribution in [0.3, 0.4) is 0 Å². The third-order valence-corrected chi connectivity index (χ3v) is 4.86. The summed E-state index contributed by atoms with van der Waals surface area (Å²) in [5.41, 5.74) is 6.35. The van der Waals surface area contributed by atoms with E-state index >= 15 is 0 Å². The van der Waals surface area contributed by atoms with Crippen LogP contribution in [0.4, 0.5) is 0 Å². The lowest BCUT2D eigenvalue weighted by Gasteiger charge is -2.14. The summed E-state index contributed by atoms with van der Waals surface area (Å²) in [6.07, 6.45) is 2.03. The number of amides is 1. The molecule has 5 heteroatoms. The molecule has 0 aliphatic carbocycles. The van der Waals surface area contributed by atoms with Crippen molar-refractivity contribution in [3.63, 3.8) is 0 Å². The van der Waals surface area contributed by atoms with Crippen LogP contribution in [0.15, 0.2) is 28.9 Å². The average Bonchev–Trinajstić information content (AvgIpc) is 3.09. The first-order chi connectivity index (χ1) is 12.3. The number of furan rings is 1. The van der Waals surface area contributed by atoms with Crippen LogP contribution in [0, 0.1) is 33.6 Å². The Kier molecular flexibility index (Phi) is 5.16. The number of carbonyl (C=O) groups excluding carboxylic acids is 1. The summed E-state index contributed by atoms with van der Waals surface area (Å²) in [6, 6.07) is 6.20. The van der Waals surface area contributed by atoms with E-state index in [2.05, 4.69) is 50.2 Å². The minimum Gasteiger partial charge on any atom is -0.464 e. The number of nitrogens with zero attached hydrogens (tertiary/aromatic N) is 2. The first kappa shape index (κ1) is 18.2. The molecule has 1 aromatic carbocycles. The maximum absolute atomic E-state index is 12.4. The van der Waals surface area contributed by atoms with Gasteiger partial charge in [0.15, 0.2) is 0 Å². The van der Waals surface area contributed by atoms with Crippen LogP contribution in [-0.4, -0.2) is 22.2 Å². The standard InChI is InChI=1S/C21H27N3O2/c1-13(11-24-17(5)8-16(4)23-24)10-22-21(25)9-18-12-26-20-7-15(3)14(2)6-19(18)20/h6-8,12-13H,9-11H2,1-5H3,(H,22,25). The molecule has 26 heavy (non-hydrogen) atoms. The van der Waals surface area contributed by atoms with Crippen LogP contribution in [0.2, 0.25) is 0 Å². The second-order valence-corrected chi connectivity index (χ2v) is 7.39. The molecule has 0 aliphatic heterocycles. The normalized spacial score (nSPS) is 12.5. The van der Waals surface area contributed by atoms with Crippen molar-refractivity contribution in [2.45, 2.75) is 47.6 Å². The molecule has 5 nitrogen and oxygen atoms in total. The Morgan fingerprint density at radius 2 is 1.92 bits per heavy atom. The summed E-state index contributed by atoms with van der Waals surface area (Å²) in [5.74, 6) is 0.328. The lowest BCUT2D eigenvalue weighted by molar-refractivity contribution is -0.120. The maximum atomic E-state index is 12.4. The lowest BCUT2D eigenvalue weighted by atomic mass is 10.0. The minimum absolute atomic E-state index is 0.0196. The topological polar surface area (TPSA) is 60.1 Å². The van der Waals surface area contributed by atoms with Gasteiger partial charge in [0.05, 0.1) is 18.4 Å². The third-order valence-electron chi connectivity index (χ3n) is 4.86. The molecule has 1 amide bonds. The fourth-order valence-electron chi connectivity index (χ4n) is 3.22. The van der Waals surface area contributed by atoms with E-state index < -0.39 is 0 Å². The summed E-state index contributed by atoms with van der Waals surface area (Å²) in [5, 5.41) is 8.54. The van der Waals surface area contributed by atoms with Gasteiger partial charge in [-0.05, 0) is 62.9 Å². The highest BCUT2D eigenvalue weighted by molar-refractivity contribution is 5.88. The zero-order chi connectivity index (χ0) is 18.8. The van der Waals surface area contributed by atoms with Crippen LogP contribution < -0.4 is 5.32 Å². The van der Waals surface area contributed by atoms with Gasteiger partial charge in [-0.2, -0.15) is 5.10 Å². The number of hydrogen-bond donors (Lipinski definition) is 1. The van der Waals surface area contributed by atoms with E-state index in [0.717, 1.165) is 34.5 Å². The van der Waals surface area contributed by atoms with Gasteiger partial charge in [-0.15, -0.1) is 0 Å². The molecular weight excluding hydrogens is 326 g/mol. The van der Waals surface area contributed by atoms with Gasteiger partial charge in [-0.3, -0.25) is 9.48 Å². The van der Waals surface area contributed by atoms with E-state index in [0.29, 0.717) is 18.9 Å². The number of carbonyl (C=O) groups is 1. The Morgan fingerprint density at radius 1 is 1.19 bits per heavy atom. The van der Waals surface area contributed by atoms with E-state index in [1.807, 2.05) is 17.7 Å². The Balaban J connectivity index is 1.57. The van der Waals surface area contributed by atoms with Crippen LogP contribution >= 0.6 is 0 Å². The number of rotatable bonds is 6. The van der Waals surface area contributed by atoms with Crippen molar-refractivity contribution in [2.24, 2.45) is 5.92 Å². The second-order valence-electron chi connectivity index (χ2n) is 7.39. The highest BCUT2D eigenvalue weighted by atomic mass is 16.3. The number of aryl methyl sites for hydroxylation is 4. The van der Waals surface area contributed by atoms with Gasteiger partial charge in [0.2, 0.25) is 5.91 Å². The molecule has 1 N–H and O–H groups in total. The average molecular weight is 353 g/mol. The molecule has 1 atom stereocenters. The Morgan fingerprint density at radius 3 is 2.62 bits per heavy atom. The maximum Gasteiger partial charge on any atom is 0.224 e. The van der Waals surface area contributed by atoms with E-state index in [1.165, 1.54) is 11.1 Å². The highest BCUT2D eigenvalue weighted by Crippen LogP contribution is 2.25. The summed E-state index contributed by atoms with van der Waals surface area (Å²) >= 11 is 0. The predicted molar refractivity (Wildman–Crippen MR) is 103 cm³/mol. The molecule has 2 heterocycles. The number of aromatic nitrogens is 2. The molecule has 0 saturated heterocycles. The molecular formula is C21H27N3O2. The first-order valence-corrected chi connectivity index (χ1v) is 9.08. The van der Waals surface area contributed by atoms with Gasteiger partial charge < -0.3 is 9.73 Å². The molecule has 0 radical (unpaired) electrons. The number of fused-ring (bicyclic) bond motifs is 1. The molecule has 138 valence electrons. The van der Waals surface area contributed by atoms with Crippen molar-refractivity contribution in [3.8, 4) is 0 Å².